The molecule has 0 N–H and O–H groups in total. The van der Waals surface area contributed by atoms with Gasteiger partial charge < -0.3 is 9.32 Å². The van der Waals surface area contributed by atoms with Crippen molar-refractivity contribution in [3.05, 3.63) is 187 Å². The molecule has 1 aliphatic rings. The van der Waals surface area contributed by atoms with E-state index in [9.17, 15) is 0 Å². The van der Waals surface area contributed by atoms with Gasteiger partial charge in [0.15, 0.2) is 0 Å². The van der Waals surface area contributed by atoms with Crippen LogP contribution in [0.4, 0.5) is 17.1 Å². The molecule has 0 atom stereocenters. The van der Waals surface area contributed by atoms with Crippen LogP contribution in [0, 0.1) is 0 Å². The molecule has 250 valence electrons. The lowest BCUT2D eigenvalue weighted by Crippen LogP contribution is -2.16. The Morgan fingerprint density at radius 2 is 1.00 bits per heavy atom. The highest BCUT2D eigenvalue weighted by atomic mass is 16.3. The number of fused-ring (bicyclic) bond motifs is 13. The van der Waals surface area contributed by atoms with Crippen molar-refractivity contribution in [2.24, 2.45) is 0 Å². The first-order chi connectivity index (χ1) is 26.1. The molecule has 11 rings (SSSR count). The molecule has 1 aromatic heterocycles. The fraction of sp³-hybridized carbons (Fsp3) is 0.0588. The summed E-state index contributed by atoms with van der Waals surface area (Å²) in [6.07, 6.45) is 0. The first kappa shape index (κ1) is 30.0. The lowest BCUT2D eigenvalue weighted by Gasteiger charge is -2.30. The zero-order chi connectivity index (χ0) is 35.3. The number of rotatable bonds is 4. The molecule has 0 aliphatic heterocycles. The van der Waals surface area contributed by atoms with Crippen molar-refractivity contribution in [1.82, 2.24) is 0 Å². The van der Waals surface area contributed by atoms with Gasteiger partial charge in [0.25, 0.3) is 0 Å². The molecule has 0 spiro atoms. The molecule has 0 bridgehead atoms. The highest BCUT2D eigenvalue weighted by Gasteiger charge is 2.36. The molecule has 0 saturated heterocycles. The molecular formula is C51H35NO. The van der Waals surface area contributed by atoms with Crippen LogP contribution in [0.25, 0.3) is 76.5 Å². The predicted molar refractivity (Wildman–Crippen MR) is 224 cm³/mol. The summed E-state index contributed by atoms with van der Waals surface area (Å²) in [7, 11) is 0. The third kappa shape index (κ3) is 4.33. The summed E-state index contributed by atoms with van der Waals surface area (Å²) in [4.78, 5) is 2.47. The van der Waals surface area contributed by atoms with Crippen LogP contribution in [-0.4, -0.2) is 0 Å². The monoisotopic (exact) mass is 677 g/mol. The molecule has 1 aliphatic carbocycles. The van der Waals surface area contributed by atoms with E-state index in [0.29, 0.717) is 0 Å². The Bertz CT molecular complexity index is 3050. The van der Waals surface area contributed by atoms with E-state index < -0.39 is 0 Å². The molecule has 0 fully saturated rings. The Morgan fingerprint density at radius 3 is 1.81 bits per heavy atom. The molecular weight excluding hydrogens is 643 g/mol. The number of anilines is 3. The van der Waals surface area contributed by atoms with Gasteiger partial charge in [0.05, 0.1) is 5.69 Å². The molecule has 0 saturated carbocycles. The van der Waals surface area contributed by atoms with Crippen LogP contribution < -0.4 is 4.90 Å². The van der Waals surface area contributed by atoms with Crippen molar-refractivity contribution in [3.8, 4) is 22.3 Å². The van der Waals surface area contributed by atoms with Crippen molar-refractivity contribution >= 4 is 71.3 Å². The van der Waals surface area contributed by atoms with Gasteiger partial charge in [-0.1, -0.05) is 141 Å². The number of benzene rings is 9. The normalized spacial score (nSPS) is 13.2. The van der Waals surface area contributed by atoms with Crippen molar-refractivity contribution in [1.29, 1.82) is 0 Å². The number of hydrogen-bond acceptors (Lipinski definition) is 2. The SMILES string of the molecule is CC1(C)c2ccccc2-c2ccc(N(c3ccc(-c4ccccc4)cc3)c3cccc4c5ccc6oc7ccccc7c6c5c5ccccc5c34)cc21. The van der Waals surface area contributed by atoms with Crippen molar-refractivity contribution < 1.29 is 4.42 Å². The van der Waals surface area contributed by atoms with Gasteiger partial charge in [0.2, 0.25) is 0 Å². The van der Waals surface area contributed by atoms with Gasteiger partial charge in [-0.05, 0) is 103 Å². The van der Waals surface area contributed by atoms with E-state index in [0.717, 1.165) is 33.6 Å². The lowest BCUT2D eigenvalue weighted by molar-refractivity contribution is 0.660. The summed E-state index contributed by atoms with van der Waals surface area (Å²) in [6.45, 7) is 4.72. The maximum absolute atomic E-state index is 6.41. The summed E-state index contributed by atoms with van der Waals surface area (Å²) in [5, 5.41) is 9.70. The highest BCUT2D eigenvalue weighted by molar-refractivity contribution is 6.36. The Hall–Kier alpha value is -6.64. The quantitative estimate of drug-likeness (QED) is 0.172. The molecule has 10 aromatic rings. The fourth-order valence-corrected chi connectivity index (χ4v) is 9.17. The average molecular weight is 678 g/mol. The summed E-state index contributed by atoms with van der Waals surface area (Å²) < 4.78 is 6.41. The average Bonchev–Trinajstić information content (AvgIpc) is 3.70. The topological polar surface area (TPSA) is 16.4 Å². The van der Waals surface area contributed by atoms with Crippen molar-refractivity contribution in [2.45, 2.75) is 19.3 Å². The van der Waals surface area contributed by atoms with E-state index in [1.807, 2.05) is 6.07 Å². The van der Waals surface area contributed by atoms with E-state index in [1.165, 1.54) is 71.1 Å². The third-order valence-electron chi connectivity index (χ3n) is 11.6. The van der Waals surface area contributed by atoms with E-state index >= 15 is 0 Å². The Morgan fingerprint density at radius 1 is 0.396 bits per heavy atom. The van der Waals surface area contributed by atoms with E-state index in [4.69, 9.17) is 4.42 Å². The molecule has 2 heteroatoms. The van der Waals surface area contributed by atoms with Crippen molar-refractivity contribution in [3.63, 3.8) is 0 Å². The lowest BCUT2D eigenvalue weighted by atomic mass is 9.82. The molecule has 0 amide bonds. The van der Waals surface area contributed by atoms with Crippen LogP contribution >= 0.6 is 0 Å². The smallest absolute Gasteiger partial charge is 0.136 e. The van der Waals surface area contributed by atoms with Gasteiger partial charge in [-0.3, -0.25) is 0 Å². The highest BCUT2D eigenvalue weighted by Crippen LogP contribution is 2.52. The van der Waals surface area contributed by atoms with Gasteiger partial charge in [-0.25, -0.2) is 0 Å². The first-order valence-electron chi connectivity index (χ1n) is 18.4. The number of nitrogens with zero attached hydrogens (tertiary/aromatic N) is 1. The van der Waals surface area contributed by atoms with Crippen LogP contribution in [-0.2, 0) is 5.41 Å². The third-order valence-corrected chi connectivity index (χ3v) is 11.6. The minimum atomic E-state index is -0.120. The Balaban J connectivity index is 1.21. The minimum absolute atomic E-state index is 0.120. The second-order valence-corrected chi connectivity index (χ2v) is 14.9. The first-order valence-corrected chi connectivity index (χ1v) is 18.4. The van der Waals surface area contributed by atoms with Gasteiger partial charge in [0.1, 0.15) is 11.2 Å². The maximum Gasteiger partial charge on any atom is 0.136 e. The summed E-state index contributed by atoms with van der Waals surface area (Å²) in [6, 6.07) is 64.2. The predicted octanol–water partition coefficient (Wildman–Crippen LogP) is 14.5. The summed E-state index contributed by atoms with van der Waals surface area (Å²) in [5.74, 6) is 0. The standard InChI is InChI=1S/C51H35NO/c1-51(2)43-20-10-8-15-36(43)37-28-27-35(31-44(37)51)52(34-25-23-33(24-26-34)32-13-4-3-5-14-32)45-21-12-19-39-41-29-30-47-50(42-18-9-11-22-46(42)53-47)49(41)40-17-7-6-16-38(40)48(39)45/h3-31H,1-2H3. The molecule has 0 radical (unpaired) electrons. The Kier molecular flexibility index (Phi) is 6.33. The number of furan rings is 1. The van der Waals surface area contributed by atoms with E-state index in [-0.39, 0.29) is 5.41 Å². The van der Waals surface area contributed by atoms with Gasteiger partial charge >= 0.3 is 0 Å². The zero-order valence-corrected chi connectivity index (χ0v) is 29.6. The minimum Gasteiger partial charge on any atom is -0.456 e. The van der Waals surface area contributed by atoms with Gasteiger partial charge in [-0.2, -0.15) is 0 Å². The van der Waals surface area contributed by atoms with E-state index in [2.05, 4.69) is 189 Å². The molecule has 2 nitrogen and oxygen atoms in total. The summed E-state index contributed by atoms with van der Waals surface area (Å²) >= 11 is 0. The van der Waals surface area contributed by atoms with Crippen LogP contribution in [0.15, 0.2) is 180 Å². The molecule has 53 heavy (non-hydrogen) atoms. The second kappa shape index (κ2) is 11.2. The van der Waals surface area contributed by atoms with Crippen LogP contribution in [0.3, 0.4) is 0 Å². The van der Waals surface area contributed by atoms with Crippen LogP contribution in [0.5, 0.6) is 0 Å². The number of hydrogen-bond donors (Lipinski definition) is 0. The molecule has 0 unspecified atom stereocenters. The summed E-state index contributed by atoms with van der Waals surface area (Å²) in [5.41, 5.74) is 12.9. The molecule has 1 heterocycles. The van der Waals surface area contributed by atoms with Gasteiger partial charge in [-0.15, -0.1) is 0 Å². The number of para-hydroxylation sites is 1. The second-order valence-electron chi connectivity index (χ2n) is 14.9. The van der Waals surface area contributed by atoms with Crippen LogP contribution in [0.2, 0.25) is 0 Å². The van der Waals surface area contributed by atoms with E-state index in [1.54, 1.807) is 0 Å². The molecule has 9 aromatic carbocycles. The fourth-order valence-electron chi connectivity index (χ4n) is 9.17. The zero-order valence-electron chi connectivity index (χ0n) is 29.6. The van der Waals surface area contributed by atoms with Crippen molar-refractivity contribution in [2.75, 3.05) is 4.90 Å². The largest absolute Gasteiger partial charge is 0.456 e. The van der Waals surface area contributed by atoms with Crippen LogP contribution in [0.1, 0.15) is 25.0 Å². The maximum atomic E-state index is 6.41. The Labute approximate surface area is 308 Å². The van der Waals surface area contributed by atoms with Gasteiger partial charge in [0, 0.05) is 38.3 Å².